The van der Waals surface area contributed by atoms with Gasteiger partial charge in [0.15, 0.2) is 11.5 Å². The number of hydrogen-bond donors (Lipinski definition) is 3. The van der Waals surface area contributed by atoms with Gasteiger partial charge in [0.05, 0.1) is 18.0 Å². The molecule has 3 amide bonds. The first-order chi connectivity index (χ1) is 17.3. The normalized spacial score (nSPS) is 17.6. The zero-order valence-electron chi connectivity index (χ0n) is 20.6. The number of carbonyl (C=O) groups is 3. The van der Waals surface area contributed by atoms with Gasteiger partial charge in [-0.2, -0.15) is 0 Å². The Kier molecular flexibility index (Phi) is 7.66. The van der Waals surface area contributed by atoms with Crippen LogP contribution in [0.3, 0.4) is 0 Å². The Hall–Kier alpha value is -3.76. The second-order valence-electron chi connectivity index (χ2n) is 9.19. The Morgan fingerprint density at radius 1 is 1.28 bits per heavy atom. The van der Waals surface area contributed by atoms with Gasteiger partial charge in [0.25, 0.3) is 5.91 Å². The van der Waals surface area contributed by atoms with E-state index in [9.17, 15) is 18.8 Å². The van der Waals surface area contributed by atoms with Crippen LogP contribution in [0.4, 0.5) is 4.39 Å². The van der Waals surface area contributed by atoms with Gasteiger partial charge in [0.2, 0.25) is 11.8 Å². The van der Waals surface area contributed by atoms with E-state index in [1.54, 1.807) is 26.0 Å². The lowest BCUT2D eigenvalue weighted by atomic mass is 9.99. The van der Waals surface area contributed by atoms with Crippen LogP contribution >= 0.6 is 0 Å². The molecule has 4 rings (SSSR count). The highest BCUT2D eigenvalue weighted by atomic mass is 19.1. The predicted octanol–water partition coefficient (Wildman–Crippen LogP) is 3.16. The van der Waals surface area contributed by atoms with Gasteiger partial charge in [-0.3, -0.25) is 14.4 Å². The fraction of sp³-hybridized carbons (Fsp3) is 0.480. The molecule has 10 nitrogen and oxygen atoms in total. The van der Waals surface area contributed by atoms with Gasteiger partial charge in [-0.05, 0) is 51.7 Å². The third kappa shape index (κ3) is 5.55. The minimum absolute atomic E-state index is 0.0166. The Bertz CT molecular complexity index is 1250. The molecule has 3 aromatic rings. The van der Waals surface area contributed by atoms with Crippen molar-refractivity contribution in [2.75, 3.05) is 6.54 Å². The number of nitrogens with zero attached hydrogens (tertiary/aromatic N) is 3. The van der Waals surface area contributed by atoms with Crippen molar-refractivity contribution >= 4 is 28.8 Å². The molecule has 0 saturated carbocycles. The Morgan fingerprint density at radius 2 is 2.08 bits per heavy atom. The number of benzene rings is 1. The van der Waals surface area contributed by atoms with Crippen molar-refractivity contribution in [3.63, 3.8) is 0 Å². The molecule has 11 heteroatoms. The molecule has 1 aromatic carbocycles. The lowest BCUT2D eigenvalue weighted by molar-refractivity contribution is -0.138. The number of imidazole rings is 1. The van der Waals surface area contributed by atoms with E-state index in [2.05, 4.69) is 25.8 Å². The van der Waals surface area contributed by atoms with E-state index in [0.717, 1.165) is 25.7 Å². The minimum atomic E-state index is -1.15. The lowest BCUT2D eigenvalue weighted by Gasteiger charge is -2.36. The van der Waals surface area contributed by atoms with Crippen molar-refractivity contribution in [3.8, 4) is 0 Å². The van der Waals surface area contributed by atoms with Crippen molar-refractivity contribution in [1.82, 2.24) is 30.7 Å². The quantitative estimate of drug-likeness (QED) is 0.437. The number of piperidine rings is 1. The molecule has 1 aliphatic rings. The van der Waals surface area contributed by atoms with Crippen LogP contribution in [0, 0.1) is 12.7 Å². The van der Waals surface area contributed by atoms with Crippen molar-refractivity contribution in [2.45, 2.75) is 71.0 Å². The second-order valence-corrected chi connectivity index (χ2v) is 9.19. The summed E-state index contributed by atoms with van der Waals surface area (Å²) in [7, 11) is 0. The lowest BCUT2D eigenvalue weighted by Crippen LogP contribution is -2.52. The number of likely N-dealkylation sites (tertiary alicyclic amines) is 1. The molecule has 0 aliphatic carbocycles. The molecule has 0 spiro atoms. The highest BCUT2D eigenvalue weighted by molar-refractivity contribution is 5.97. The maximum atomic E-state index is 14.1. The summed E-state index contributed by atoms with van der Waals surface area (Å²) in [4.78, 5) is 48.3. The molecular formula is C25H31FN6O4. The van der Waals surface area contributed by atoms with E-state index in [-0.39, 0.29) is 29.6 Å². The van der Waals surface area contributed by atoms with Crippen LogP contribution in [0.15, 0.2) is 28.8 Å². The van der Waals surface area contributed by atoms with Crippen molar-refractivity contribution in [1.29, 1.82) is 0 Å². The van der Waals surface area contributed by atoms with E-state index in [1.807, 2.05) is 11.8 Å². The summed E-state index contributed by atoms with van der Waals surface area (Å²) in [6, 6.07) is 4.35. The SMILES string of the molecule is CCC1CCCCN1C(=O)CC(NC(=O)c1cc(C)on1)C(=O)N[C@@H](C)c1nc2c(F)cccc2[nH]1. The Balaban J connectivity index is 1.51. The van der Waals surface area contributed by atoms with E-state index in [4.69, 9.17) is 4.52 Å². The molecule has 3 N–H and O–H groups in total. The summed E-state index contributed by atoms with van der Waals surface area (Å²) in [6.07, 6.45) is 3.51. The van der Waals surface area contributed by atoms with Crippen LogP contribution in [-0.2, 0) is 9.59 Å². The fourth-order valence-electron chi connectivity index (χ4n) is 4.56. The summed E-state index contributed by atoms with van der Waals surface area (Å²) in [5.41, 5.74) is 0.692. The minimum Gasteiger partial charge on any atom is -0.361 e. The van der Waals surface area contributed by atoms with Gasteiger partial charge < -0.3 is 25.0 Å². The van der Waals surface area contributed by atoms with Crippen LogP contribution in [-0.4, -0.2) is 56.4 Å². The Labute approximate surface area is 208 Å². The molecule has 2 unspecified atom stereocenters. The molecule has 0 bridgehead atoms. The van der Waals surface area contributed by atoms with Gasteiger partial charge in [-0.15, -0.1) is 0 Å². The zero-order valence-corrected chi connectivity index (χ0v) is 20.6. The van der Waals surface area contributed by atoms with Crippen molar-refractivity contribution in [3.05, 3.63) is 47.4 Å². The van der Waals surface area contributed by atoms with Gasteiger partial charge in [-0.25, -0.2) is 9.37 Å². The van der Waals surface area contributed by atoms with Gasteiger partial charge in [0.1, 0.15) is 23.1 Å². The molecule has 3 atom stereocenters. The van der Waals surface area contributed by atoms with E-state index in [0.29, 0.717) is 23.6 Å². The van der Waals surface area contributed by atoms with Crippen LogP contribution in [0.2, 0.25) is 0 Å². The van der Waals surface area contributed by atoms with Crippen molar-refractivity contribution < 1.29 is 23.3 Å². The summed E-state index contributed by atoms with van der Waals surface area (Å²) in [6.45, 7) is 6.00. The largest absolute Gasteiger partial charge is 0.361 e. The number of rotatable bonds is 8. The first-order valence-electron chi connectivity index (χ1n) is 12.2. The molecule has 0 radical (unpaired) electrons. The monoisotopic (exact) mass is 498 g/mol. The predicted molar refractivity (Wildman–Crippen MR) is 129 cm³/mol. The fourth-order valence-corrected chi connectivity index (χ4v) is 4.56. The standard InChI is InChI=1S/C25H31FN6O4/c1-4-16-8-5-6-11-32(16)21(33)13-19(29-25(35)20-12-14(2)36-31-20)24(34)27-15(3)23-28-18-10-7-9-17(26)22(18)30-23/h7,9-10,12,15-16,19H,4-6,8,11,13H2,1-3H3,(H,27,34)(H,28,30)(H,29,35)/t15-,16?,19?/m0/s1. The number of aryl methyl sites for hydroxylation is 1. The second kappa shape index (κ2) is 10.9. The van der Waals surface area contributed by atoms with Gasteiger partial charge in [-0.1, -0.05) is 18.1 Å². The van der Waals surface area contributed by atoms with E-state index < -0.39 is 29.7 Å². The smallest absolute Gasteiger partial charge is 0.274 e. The molecule has 192 valence electrons. The number of aromatic nitrogens is 3. The molecule has 1 fully saturated rings. The van der Waals surface area contributed by atoms with Crippen LogP contribution in [0.25, 0.3) is 11.0 Å². The number of amides is 3. The number of hydrogen-bond acceptors (Lipinski definition) is 6. The number of fused-ring (bicyclic) bond motifs is 1. The number of aromatic amines is 1. The third-order valence-corrected chi connectivity index (χ3v) is 6.53. The molecule has 2 aromatic heterocycles. The number of halogens is 1. The number of H-pyrrole nitrogens is 1. The molecule has 1 saturated heterocycles. The average Bonchev–Trinajstić information content (AvgIpc) is 3.51. The van der Waals surface area contributed by atoms with Crippen LogP contribution in [0.5, 0.6) is 0 Å². The van der Waals surface area contributed by atoms with E-state index in [1.165, 1.54) is 12.1 Å². The maximum absolute atomic E-state index is 14.1. The number of nitrogens with one attached hydrogen (secondary N) is 3. The molecule has 36 heavy (non-hydrogen) atoms. The maximum Gasteiger partial charge on any atom is 0.274 e. The topological polar surface area (TPSA) is 133 Å². The molecule has 1 aliphatic heterocycles. The zero-order chi connectivity index (χ0) is 25.8. The molecular weight excluding hydrogens is 467 g/mol. The van der Waals surface area contributed by atoms with Gasteiger partial charge in [0, 0.05) is 18.7 Å². The highest BCUT2D eigenvalue weighted by Crippen LogP contribution is 2.22. The highest BCUT2D eigenvalue weighted by Gasteiger charge is 2.32. The summed E-state index contributed by atoms with van der Waals surface area (Å²) >= 11 is 0. The number of para-hydroxylation sites is 1. The summed E-state index contributed by atoms with van der Waals surface area (Å²) < 4.78 is 19.0. The van der Waals surface area contributed by atoms with E-state index >= 15 is 0 Å². The summed E-state index contributed by atoms with van der Waals surface area (Å²) in [5, 5.41) is 9.12. The van der Waals surface area contributed by atoms with Crippen molar-refractivity contribution in [2.24, 2.45) is 0 Å². The van der Waals surface area contributed by atoms with Gasteiger partial charge >= 0.3 is 0 Å². The summed E-state index contributed by atoms with van der Waals surface area (Å²) in [5.74, 6) is -1.05. The van der Waals surface area contributed by atoms with Crippen LogP contribution < -0.4 is 10.6 Å². The van der Waals surface area contributed by atoms with Crippen LogP contribution in [0.1, 0.15) is 74.1 Å². The Morgan fingerprint density at radius 3 is 2.78 bits per heavy atom. The molecule has 3 heterocycles. The average molecular weight is 499 g/mol. The first-order valence-corrected chi connectivity index (χ1v) is 12.2. The third-order valence-electron chi connectivity index (χ3n) is 6.53. The first kappa shape index (κ1) is 25.3. The number of carbonyl (C=O) groups excluding carboxylic acids is 3.